The van der Waals surface area contributed by atoms with E-state index in [1.54, 1.807) is 0 Å². The molecule has 30 heavy (non-hydrogen) atoms. The van der Waals surface area contributed by atoms with E-state index in [1.165, 1.54) is 45.6 Å². The number of carbonyl (C=O) groups is 2. The summed E-state index contributed by atoms with van der Waals surface area (Å²) in [6.07, 6.45) is -4.64. The van der Waals surface area contributed by atoms with E-state index in [0.717, 1.165) is 12.1 Å². The molecule has 10 heteroatoms. The second kappa shape index (κ2) is 9.86. The van der Waals surface area contributed by atoms with Crippen molar-refractivity contribution in [2.24, 2.45) is 0 Å². The summed E-state index contributed by atoms with van der Waals surface area (Å²) in [4.78, 5) is 24.4. The van der Waals surface area contributed by atoms with Crippen molar-refractivity contribution in [3.05, 3.63) is 53.1 Å². The summed E-state index contributed by atoms with van der Waals surface area (Å²) in [6, 6.07) is 7.38. The Balaban J connectivity index is 1.98. The molecule has 0 spiro atoms. The van der Waals surface area contributed by atoms with Gasteiger partial charge in [-0.15, -0.1) is 0 Å². The summed E-state index contributed by atoms with van der Waals surface area (Å²) >= 11 is 0. The molecule has 0 aliphatic carbocycles. The van der Waals surface area contributed by atoms with Crippen molar-refractivity contribution in [2.45, 2.75) is 6.18 Å². The van der Waals surface area contributed by atoms with Crippen LogP contribution >= 0.6 is 0 Å². The van der Waals surface area contributed by atoms with Crippen molar-refractivity contribution in [1.82, 2.24) is 10.6 Å². The molecule has 2 N–H and O–H groups in total. The number of ether oxygens (including phenoxy) is 3. The normalized spacial score (nSPS) is 10.9. The number of benzene rings is 2. The Hall–Kier alpha value is -3.43. The van der Waals surface area contributed by atoms with Gasteiger partial charge in [0.05, 0.1) is 32.5 Å². The molecular formula is C20H21F3N2O5. The first-order valence-electron chi connectivity index (χ1n) is 8.75. The number of nitrogens with one attached hydrogen (secondary N) is 2. The van der Waals surface area contributed by atoms with Crippen LogP contribution in [0.2, 0.25) is 0 Å². The van der Waals surface area contributed by atoms with Gasteiger partial charge in [0.15, 0.2) is 11.5 Å². The lowest BCUT2D eigenvalue weighted by atomic mass is 10.1. The van der Waals surface area contributed by atoms with Crippen LogP contribution in [-0.2, 0) is 6.18 Å². The molecule has 2 amide bonds. The van der Waals surface area contributed by atoms with Gasteiger partial charge in [0.2, 0.25) is 5.75 Å². The van der Waals surface area contributed by atoms with E-state index in [-0.39, 0.29) is 18.7 Å². The van der Waals surface area contributed by atoms with Gasteiger partial charge in [0.1, 0.15) is 0 Å². The van der Waals surface area contributed by atoms with Crippen molar-refractivity contribution < 1.29 is 37.0 Å². The fourth-order valence-corrected chi connectivity index (χ4v) is 2.69. The number of hydrogen-bond donors (Lipinski definition) is 2. The van der Waals surface area contributed by atoms with Gasteiger partial charge >= 0.3 is 6.18 Å². The zero-order valence-corrected chi connectivity index (χ0v) is 16.6. The molecule has 7 nitrogen and oxygen atoms in total. The smallest absolute Gasteiger partial charge is 0.417 e. The largest absolute Gasteiger partial charge is 0.493 e. The molecular weight excluding hydrogens is 405 g/mol. The van der Waals surface area contributed by atoms with Crippen LogP contribution in [0.1, 0.15) is 26.3 Å². The number of hydrogen-bond acceptors (Lipinski definition) is 5. The fourth-order valence-electron chi connectivity index (χ4n) is 2.69. The second-order valence-electron chi connectivity index (χ2n) is 5.97. The highest BCUT2D eigenvalue weighted by Crippen LogP contribution is 2.38. The Morgan fingerprint density at radius 3 is 1.90 bits per heavy atom. The van der Waals surface area contributed by atoms with E-state index in [0.29, 0.717) is 17.2 Å². The first-order valence-corrected chi connectivity index (χ1v) is 8.75. The molecule has 0 aliphatic rings. The molecule has 162 valence electrons. The molecule has 2 aromatic carbocycles. The van der Waals surface area contributed by atoms with Crippen LogP contribution in [0.5, 0.6) is 17.2 Å². The Labute approximate surface area is 171 Å². The lowest BCUT2D eigenvalue weighted by Crippen LogP contribution is -2.35. The van der Waals surface area contributed by atoms with E-state index >= 15 is 0 Å². The Morgan fingerprint density at radius 1 is 0.867 bits per heavy atom. The highest BCUT2D eigenvalue weighted by Gasteiger charge is 2.34. The average Bonchev–Trinajstić information content (AvgIpc) is 2.74. The Morgan fingerprint density at radius 2 is 1.40 bits per heavy atom. The van der Waals surface area contributed by atoms with E-state index in [9.17, 15) is 22.8 Å². The van der Waals surface area contributed by atoms with Crippen LogP contribution in [0.3, 0.4) is 0 Å². The quantitative estimate of drug-likeness (QED) is 0.634. The van der Waals surface area contributed by atoms with Gasteiger partial charge in [0, 0.05) is 18.7 Å². The minimum atomic E-state index is -4.64. The van der Waals surface area contributed by atoms with Crippen LogP contribution in [-0.4, -0.2) is 46.2 Å². The van der Waals surface area contributed by atoms with Gasteiger partial charge in [-0.05, 0) is 24.3 Å². The molecule has 0 aliphatic heterocycles. The van der Waals surface area contributed by atoms with E-state index in [4.69, 9.17) is 14.2 Å². The predicted molar refractivity (Wildman–Crippen MR) is 102 cm³/mol. The summed E-state index contributed by atoms with van der Waals surface area (Å²) in [5, 5.41) is 4.92. The van der Waals surface area contributed by atoms with Crippen LogP contribution < -0.4 is 24.8 Å². The predicted octanol–water partition coefficient (Wildman–Crippen LogP) is 2.89. The highest BCUT2D eigenvalue weighted by molar-refractivity contribution is 5.96. The lowest BCUT2D eigenvalue weighted by molar-refractivity contribution is -0.137. The number of rotatable bonds is 8. The van der Waals surface area contributed by atoms with Gasteiger partial charge in [-0.3, -0.25) is 9.59 Å². The number of alkyl halides is 3. The summed E-state index contributed by atoms with van der Waals surface area (Å²) in [5.74, 6) is -0.464. The molecule has 0 saturated heterocycles. The third-order valence-electron chi connectivity index (χ3n) is 4.10. The van der Waals surface area contributed by atoms with Gasteiger partial charge in [-0.25, -0.2) is 0 Å². The highest BCUT2D eigenvalue weighted by atomic mass is 19.4. The van der Waals surface area contributed by atoms with Crippen molar-refractivity contribution in [1.29, 1.82) is 0 Å². The summed E-state index contributed by atoms with van der Waals surface area (Å²) in [6.45, 7) is -0.0728. The fraction of sp³-hybridized carbons (Fsp3) is 0.300. The van der Waals surface area contributed by atoms with Crippen molar-refractivity contribution in [2.75, 3.05) is 34.4 Å². The zero-order valence-electron chi connectivity index (χ0n) is 16.6. The molecule has 0 atom stereocenters. The van der Waals surface area contributed by atoms with Gasteiger partial charge in [0.25, 0.3) is 11.8 Å². The third kappa shape index (κ3) is 5.34. The van der Waals surface area contributed by atoms with Crippen LogP contribution in [0, 0.1) is 0 Å². The zero-order chi connectivity index (χ0) is 22.3. The second-order valence-corrected chi connectivity index (χ2v) is 5.97. The molecule has 0 fully saturated rings. The maximum atomic E-state index is 13.0. The van der Waals surface area contributed by atoms with Gasteiger partial charge in [-0.1, -0.05) is 12.1 Å². The van der Waals surface area contributed by atoms with Gasteiger partial charge < -0.3 is 24.8 Å². The average molecular weight is 426 g/mol. The molecule has 0 saturated carbocycles. The molecule has 2 rings (SSSR count). The molecule has 0 heterocycles. The third-order valence-corrected chi connectivity index (χ3v) is 4.10. The molecule has 0 radical (unpaired) electrons. The number of halogens is 3. The summed E-state index contributed by atoms with van der Waals surface area (Å²) in [5.41, 5.74) is -1.29. The maximum absolute atomic E-state index is 13.0. The van der Waals surface area contributed by atoms with Crippen molar-refractivity contribution >= 4 is 11.8 Å². The number of methoxy groups -OCH3 is 3. The van der Waals surface area contributed by atoms with Gasteiger partial charge in [-0.2, -0.15) is 13.2 Å². The lowest BCUT2D eigenvalue weighted by Gasteiger charge is -2.14. The minimum absolute atomic E-state index is 0.00455. The Kier molecular flexibility index (Phi) is 7.51. The van der Waals surface area contributed by atoms with Crippen LogP contribution in [0.25, 0.3) is 0 Å². The van der Waals surface area contributed by atoms with E-state index in [2.05, 4.69) is 10.6 Å². The standard InChI is InChI=1S/C20H21F3N2O5/c1-28-15-10-12(11-16(29-2)17(15)30-3)18(26)24-8-9-25-19(27)13-6-4-5-7-14(13)20(21,22)23/h4-7,10-11H,8-9H2,1-3H3,(H,24,26)(H,25,27). The molecule has 0 aromatic heterocycles. The van der Waals surface area contributed by atoms with E-state index < -0.39 is 29.1 Å². The summed E-state index contributed by atoms with van der Waals surface area (Å²) in [7, 11) is 4.25. The number of amides is 2. The van der Waals surface area contributed by atoms with Crippen molar-refractivity contribution in [3.63, 3.8) is 0 Å². The van der Waals surface area contributed by atoms with Crippen LogP contribution in [0.4, 0.5) is 13.2 Å². The maximum Gasteiger partial charge on any atom is 0.417 e. The topological polar surface area (TPSA) is 85.9 Å². The monoisotopic (exact) mass is 426 g/mol. The van der Waals surface area contributed by atoms with Crippen LogP contribution in [0.15, 0.2) is 36.4 Å². The molecule has 0 unspecified atom stereocenters. The first-order chi connectivity index (χ1) is 14.2. The molecule has 2 aromatic rings. The molecule has 0 bridgehead atoms. The van der Waals surface area contributed by atoms with Crippen molar-refractivity contribution in [3.8, 4) is 17.2 Å². The SMILES string of the molecule is COc1cc(C(=O)NCCNC(=O)c2ccccc2C(F)(F)F)cc(OC)c1OC. The minimum Gasteiger partial charge on any atom is -0.493 e. The van der Waals surface area contributed by atoms with E-state index in [1.807, 2.05) is 0 Å². The Bertz CT molecular complexity index is 891. The number of carbonyl (C=O) groups excluding carboxylic acids is 2. The first kappa shape index (κ1) is 22.9. The summed E-state index contributed by atoms with van der Waals surface area (Å²) < 4.78 is 54.6.